The summed E-state index contributed by atoms with van der Waals surface area (Å²) >= 11 is 0. The van der Waals surface area contributed by atoms with Gasteiger partial charge in [0.05, 0.1) is 11.2 Å². The molecular weight excluding hydrogens is 449 g/mol. The van der Waals surface area contributed by atoms with Gasteiger partial charge in [-0.3, -0.25) is 9.78 Å². The molecule has 4 heterocycles. The molecule has 3 aliphatic rings. The zero-order valence-electron chi connectivity index (χ0n) is 20.1. The van der Waals surface area contributed by atoms with Gasteiger partial charge in [0.15, 0.2) is 29.7 Å². The lowest BCUT2D eigenvalue weighted by Crippen LogP contribution is -2.33. The average Bonchev–Trinajstić information content (AvgIpc) is 2.84. The molecule has 0 saturated carbocycles. The first-order valence-electron chi connectivity index (χ1n) is 12.1. The number of carbonyl (C=O) groups excluding carboxylic acids is 1. The third-order valence-electron chi connectivity index (χ3n) is 6.48. The van der Waals surface area contributed by atoms with Gasteiger partial charge in [-0.25, -0.2) is 4.39 Å². The first kappa shape index (κ1) is 23.4. The van der Waals surface area contributed by atoms with Gasteiger partial charge in [0.25, 0.3) is 5.91 Å². The lowest BCUT2D eigenvalue weighted by Gasteiger charge is -2.30. The van der Waals surface area contributed by atoms with Gasteiger partial charge in [0.2, 0.25) is 0 Å². The molecule has 1 atom stereocenters. The first-order chi connectivity index (χ1) is 17.0. The molecule has 1 unspecified atom stereocenters. The number of aromatic nitrogens is 1. The van der Waals surface area contributed by atoms with E-state index in [1.54, 1.807) is 0 Å². The lowest BCUT2D eigenvalue weighted by atomic mass is 9.91. The van der Waals surface area contributed by atoms with Crippen LogP contribution in [0.5, 0.6) is 17.2 Å². The van der Waals surface area contributed by atoms with Crippen LogP contribution >= 0.6 is 0 Å². The number of hydrogen-bond donors (Lipinski definition) is 1. The van der Waals surface area contributed by atoms with Gasteiger partial charge in [0.1, 0.15) is 13.2 Å². The van der Waals surface area contributed by atoms with Crippen LogP contribution < -0.4 is 19.5 Å². The number of nitrogens with one attached hydrogen (secondary N) is 1. The maximum atomic E-state index is 14.0. The molecule has 1 saturated heterocycles. The molecule has 6 rings (SSSR count). The molecule has 0 bridgehead atoms. The average molecular weight is 480 g/mol. The van der Waals surface area contributed by atoms with E-state index in [9.17, 15) is 9.18 Å². The van der Waals surface area contributed by atoms with Gasteiger partial charge in [-0.1, -0.05) is 0 Å². The van der Waals surface area contributed by atoms with E-state index < -0.39 is 0 Å². The molecule has 1 fully saturated rings. The minimum atomic E-state index is -0.387. The van der Waals surface area contributed by atoms with Gasteiger partial charge < -0.3 is 24.4 Å². The van der Waals surface area contributed by atoms with E-state index in [4.69, 9.17) is 14.2 Å². The number of rotatable bonds is 2. The van der Waals surface area contributed by atoms with Gasteiger partial charge in [-0.05, 0) is 87.7 Å². The molecule has 1 N–H and O–H groups in total. The Morgan fingerprint density at radius 1 is 1.11 bits per heavy atom. The fourth-order valence-electron chi connectivity index (χ4n) is 4.92. The Bertz CT molecular complexity index is 1250. The number of anilines is 1. The van der Waals surface area contributed by atoms with Crippen LogP contribution in [0.15, 0.2) is 36.4 Å². The number of halogens is 1. The molecule has 8 heteroatoms. The number of carbonyl (C=O) groups is 1. The number of hydrogen-bond acceptors (Lipinski definition) is 6. The standard InChI is InChI=1S/C15H19FN2O2.C12H11NO2/c1-18-4-2-3-10(8-18)5-11-6-12(16)15-13(7-11)17-14(19)9-20-15;1-8-2-3-9-10(13-8)4-5-11-12(9)15-7-6-14-11/h6-7,10H,2-5,8-9H2,1H3,(H,17,19);2-5H,6-7H2,1H3. The number of aryl methyl sites for hydroxylation is 1. The summed E-state index contributed by atoms with van der Waals surface area (Å²) in [5.74, 6) is 1.74. The van der Waals surface area contributed by atoms with Crippen LogP contribution in [0.4, 0.5) is 10.1 Å². The molecule has 184 valence electrons. The summed E-state index contributed by atoms with van der Waals surface area (Å²) < 4.78 is 30.3. The second kappa shape index (κ2) is 10.1. The zero-order chi connectivity index (χ0) is 24.4. The van der Waals surface area contributed by atoms with Crippen molar-refractivity contribution in [3.8, 4) is 17.2 Å². The highest BCUT2D eigenvalue weighted by Crippen LogP contribution is 2.37. The molecule has 3 aromatic rings. The summed E-state index contributed by atoms with van der Waals surface area (Å²) in [5, 5.41) is 3.70. The molecule has 0 radical (unpaired) electrons. The topological polar surface area (TPSA) is 72.9 Å². The van der Waals surface area contributed by atoms with Crippen LogP contribution in [0.1, 0.15) is 24.1 Å². The number of piperidine rings is 1. The maximum Gasteiger partial charge on any atom is 0.262 e. The molecule has 0 spiro atoms. The zero-order valence-corrected chi connectivity index (χ0v) is 20.1. The highest BCUT2D eigenvalue weighted by molar-refractivity contribution is 5.95. The van der Waals surface area contributed by atoms with Crippen molar-refractivity contribution in [3.05, 3.63) is 53.5 Å². The number of likely N-dealkylation sites (tertiary alicyclic amines) is 1. The molecule has 35 heavy (non-hydrogen) atoms. The summed E-state index contributed by atoms with van der Waals surface area (Å²) in [7, 11) is 2.12. The Balaban J connectivity index is 0.000000151. The van der Waals surface area contributed by atoms with E-state index in [2.05, 4.69) is 22.2 Å². The van der Waals surface area contributed by atoms with Crippen LogP contribution in [0.3, 0.4) is 0 Å². The Morgan fingerprint density at radius 2 is 1.97 bits per heavy atom. The molecule has 3 aliphatic heterocycles. The van der Waals surface area contributed by atoms with Crippen molar-refractivity contribution in [2.24, 2.45) is 5.92 Å². The van der Waals surface area contributed by atoms with Crippen LogP contribution in [0.25, 0.3) is 10.9 Å². The molecule has 2 aromatic carbocycles. The van der Waals surface area contributed by atoms with Crippen LogP contribution in [-0.2, 0) is 11.2 Å². The smallest absolute Gasteiger partial charge is 0.262 e. The highest BCUT2D eigenvalue weighted by atomic mass is 19.1. The van der Waals surface area contributed by atoms with E-state index in [-0.39, 0.29) is 24.1 Å². The van der Waals surface area contributed by atoms with Crippen molar-refractivity contribution in [3.63, 3.8) is 0 Å². The fourth-order valence-corrected chi connectivity index (χ4v) is 4.92. The predicted molar refractivity (Wildman–Crippen MR) is 132 cm³/mol. The number of nitrogens with zero attached hydrogens (tertiary/aromatic N) is 2. The van der Waals surface area contributed by atoms with E-state index in [0.717, 1.165) is 53.2 Å². The van der Waals surface area contributed by atoms with Gasteiger partial charge in [0, 0.05) is 17.6 Å². The number of amides is 1. The Labute approximate surface area is 204 Å². The van der Waals surface area contributed by atoms with Crippen molar-refractivity contribution < 1.29 is 23.4 Å². The summed E-state index contributed by atoms with van der Waals surface area (Å²) in [5.41, 5.74) is 3.35. The van der Waals surface area contributed by atoms with Gasteiger partial charge in [-0.15, -0.1) is 0 Å². The number of fused-ring (bicyclic) bond motifs is 4. The van der Waals surface area contributed by atoms with Crippen molar-refractivity contribution in [2.45, 2.75) is 26.2 Å². The SMILES string of the molecule is CN1CCCC(Cc2cc(F)c3c(c2)NC(=O)CO3)C1.Cc1ccc2c3c(ccc2n1)OCCO3. The fraction of sp³-hybridized carbons (Fsp3) is 0.407. The minimum absolute atomic E-state index is 0.114. The Kier molecular flexibility index (Phi) is 6.72. The quantitative estimate of drug-likeness (QED) is 0.589. The molecular formula is C27H30FN3O4. The monoisotopic (exact) mass is 479 g/mol. The second-order valence-electron chi connectivity index (χ2n) is 9.37. The number of benzene rings is 2. The van der Waals surface area contributed by atoms with E-state index >= 15 is 0 Å². The number of pyridine rings is 1. The van der Waals surface area contributed by atoms with Crippen molar-refractivity contribution in [1.82, 2.24) is 9.88 Å². The molecule has 1 amide bonds. The largest absolute Gasteiger partial charge is 0.486 e. The van der Waals surface area contributed by atoms with E-state index in [1.807, 2.05) is 37.3 Å². The number of ether oxygens (including phenoxy) is 3. The minimum Gasteiger partial charge on any atom is -0.486 e. The first-order valence-corrected chi connectivity index (χ1v) is 12.1. The molecule has 7 nitrogen and oxygen atoms in total. The second-order valence-corrected chi connectivity index (χ2v) is 9.37. The van der Waals surface area contributed by atoms with E-state index in [0.29, 0.717) is 24.8 Å². The summed E-state index contributed by atoms with van der Waals surface area (Å²) in [4.78, 5) is 18.1. The van der Waals surface area contributed by atoms with Crippen molar-refractivity contribution in [1.29, 1.82) is 0 Å². The Morgan fingerprint density at radius 3 is 2.83 bits per heavy atom. The normalized spacial score (nSPS) is 19.2. The highest BCUT2D eigenvalue weighted by Gasteiger charge is 2.23. The molecule has 1 aromatic heterocycles. The van der Waals surface area contributed by atoms with Gasteiger partial charge in [-0.2, -0.15) is 0 Å². The van der Waals surface area contributed by atoms with Gasteiger partial charge >= 0.3 is 0 Å². The third-order valence-corrected chi connectivity index (χ3v) is 6.48. The lowest BCUT2D eigenvalue weighted by molar-refractivity contribution is -0.118. The maximum absolute atomic E-state index is 14.0. The predicted octanol–water partition coefficient (Wildman–Crippen LogP) is 4.36. The summed E-state index contributed by atoms with van der Waals surface area (Å²) in [6.07, 6.45) is 3.20. The van der Waals surface area contributed by atoms with E-state index in [1.165, 1.54) is 18.9 Å². The Hall–Kier alpha value is -3.39. The summed E-state index contributed by atoms with van der Waals surface area (Å²) in [6, 6.07) is 11.3. The summed E-state index contributed by atoms with van der Waals surface area (Å²) in [6.45, 7) is 5.28. The van der Waals surface area contributed by atoms with Crippen molar-refractivity contribution >= 4 is 22.5 Å². The van der Waals surface area contributed by atoms with Crippen molar-refractivity contribution in [2.75, 3.05) is 45.3 Å². The van der Waals surface area contributed by atoms with Crippen LogP contribution in [-0.4, -0.2) is 55.7 Å². The third kappa shape index (κ3) is 5.32. The van der Waals surface area contributed by atoms with Crippen LogP contribution in [0.2, 0.25) is 0 Å². The van der Waals surface area contributed by atoms with Crippen LogP contribution in [0, 0.1) is 18.7 Å². The molecule has 0 aliphatic carbocycles.